The molecule has 0 saturated carbocycles. The van der Waals surface area contributed by atoms with E-state index in [1.807, 2.05) is 20.8 Å². The first-order chi connectivity index (χ1) is 9.67. The number of rotatable bonds is 3. The lowest BCUT2D eigenvalue weighted by atomic mass is 10.1. The van der Waals surface area contributed by atoms with Crippen molar-refractivity contribution in [1.82, 2.24) is 10.3 Å². The topological polar surface area (TPSA) is 24.9 Å². The van der Waals surface area contributed by atoms with E-state index >= 15 is 0 Å². The number of hydrogen-bond donors (Lipinski definition) is 1. The van der Waals surface area contributed by atoms with Crippen molar-refractivity contribution < 1.29 is 13.2 Å². The Morgan fingerprint density at radius 1 is 1.14 bits per heavy atom. The van der Waals surface area contributed by atoms with E-state index < -0.39 is 11.7 Å². The third kappa shape index (κ3) is 4.28. The fraction of sp³-hybridized carbons (Fsp3) is 0.400. The van der Waals surface area contributed by atoms with E-state index in [4.69, 9.17) is 0 Å². The van der Waals surface area contributed by atoms with Crippen LogP contribution in [0.5, 0.6) is 0 Å². The zero-order chi connectivity index (χ0) is 15.7. The average Bonchev–Trinajstić information content (AvgIpc) is 2.83. The van der Waals surface area contributed by atoms with Gasteiger partial charge in [0.25, 0.3) is 0 Å². The first kappa shape index (κ1) is 16.0. The predicted octanol–water partition coefficient (Wildman–Crippen LogP) is 4.72. The molecule has 1 heterocycles. The number of nitrogens with one attached hydrogen (secondary N) is 1. The van der Waals surface area contributed by atoms with Gasteiger partial charge < -0.3 is 5.32 Å². The summed E-state index contributed by atoms with van der Waals surface area (Å²) in [6.45, 7) is 6.63. The molecule has 0 aliphatic carbocycles. The van der Waals surface area contributed by atoms with Crippen LogP contribution in [0.4, 0.5) is 13.2 Å². The van der Waals surface area contributed by atoms with E-state index in [0.717, 1.165) is 11.1 Å². The van der Waals surface area contributed by atoms with Gasteiger partial charge in [-0.05, 0) is 26.8 Å². The van der Waals surface area contributed by atoms with Crippen molar-refractivity contribution in [2.75, 3.05) is 0 Å². The molecule has 0 radical (unpaired) electrons. The first-order valence-corrected chi connectivity index (χ1v) is 7.41. The molecule has 1 N–H and O–H groups in total. The Labute approximate surface area is 126 Å². The second kappa shape index (κ2) is 5.77. The summed E-state index contributed by atoms with van der Waals surface area (Å²) in [6.07, 6.45) is -4.37. The Bertz CT molecular complexity index is 612. The highest BCUT2D eigenvalue weighted by Crippen LogP contribution is 2.37. The first-order valence-electron chi connectivity index (χ1n) is 6.53. The maximum absolute atomic E-state index is 13.0. The maximum atomic E-state index is 13.0. The second-order valence-corrected chi connectivity index (χ2v) is 6.72. The summed E-state index contributed by atoms with van der Waals surface area (Å²) in [6, 6.07) is 5.53. The summed E-state index contributed by atoms with van der Waals surface area (Å²) in [5.74, 6) is 0. The molecule has 0 saturated heterocycles. The summed E-state index contributed by atoms with van der Waals surface area (Å²) >= 11 is 1.36. The highest BCUT2D eigenvalue weighted by atomic mass is 32.1. The molecule has 0 spiro atoms. The van der Waals surface area contributed by atoms with Crippen LogP contribution in [0.15, 0.2) is 29.6 Å². The fourth-order valence-corrected chi connectivity index (χ4v) is 2.54. The van der Waals surface area contributed by atoms with Gasteiger partial charge in [0, 0.05) is 23.0 Å². The largest absolute Gasteiger partial charge is 0.417 e. The van der Waals surface area contributed by atoms with Crippen LogP contribution in [0, 0.1) is 0 Å². The molecule has 114 valence electrons. The van der Waals surface area contributed by atoms with Crippen LogP contribution in [-0.2, 0) is 12.7 Å². The van der Waals surface area contributed by atoms with Crippen molar-refractivity contribution >= 4 is 11.3 Å². The second-order valence-electron chi connectivity index (χ2n) is 5.77. The van der Waals surface area contributed by atoms with Crippen LogP contribution in [0.3, 0.4) is 0 Å². The minimum Gasteiger partial charge on any atom is -0.306 e. The highest BCUT2D eigenvalue weighted by Gasteiger charge is 2.33. The van der Waals surface area contributed by atoms with Gasteiger partial charge in [-0.2, -0.15) is 13.2 Å². The minimum absolute atomic E-state index is 0.0598. The summed E-state index contributed by atoms with van der Waals surface area (Å²) < 4.78 is 39.0. The molecule has 21 heavy (non-hydrogen) atoms. The molecule has 0 atom stereocenters. The van der Waals surface area contributed by atoms with Crippen LogP contribution in [0.2, 0.25) is 0 Å². The predicted molar refractivity (Wildman–Crippen MR) is 79.1 cm³/mol. The fourth-order valence-electron chi connectivity index (χ4n) is 1.81. The van der Waals surface area contributed by atoms with Gasteiger partial charge in [-0.25, -0.2) is 4.98 Å². The van der Waals surface area contributed by atoms with Crippen molar-refractivity contribution in [1.29, 1.82) is 0 Å². The molecule has 0 unspecified atom stereocenters. The number of benzene rings is 1. The van der Waals surface area contributed by atoms with Gasteiger partial charge in [-0.15, -0.1) is 11.3 Å². The lowest BCUT2D eigenvalue weighted by Crippen LogP contribution is -2.34. The van der Waals surface area contributed by atoms with E-state index in [1.54, 1.807) is 11.4 Å². The van der Waals surface area contributed by atoms with Gasteiger partial charge in [0.05, 0.1) is 11.3 Å². The van der Waals surface area contributed by atoms with Crippen molar-refractivity contribution in [2.45, 2.75) is 39.0 Å². The van der Waals surface area contributed by atoms with Crippen LogP contribution in [0.1, 0.15) is 31.3 Å². The maximum Gasteiger partial charge on any atom is 0.417 e. The van der Waals surface area contributed by atoms with E-state index in [1.165, 1.54) is 23.5 Å². The van der Waals surface area contributed by atoms with Crippen LogP contribution >= 0.6 is 11.3 Å². The summed E-state index contributed by atoms with van der Waals surface area (Å²) in [4.78, 5) is 4.31. The molecule has 0 aliphatic rings. The number of thiazole rings is 1. The van der Waals surface area contributed by atoms with Crippen LogP contribution in [-0.4, -0.2) is 10.5 Å². The van der Waals surface area contributed by atoms with Gasteiger partial charge in [0.1, 0.15) is 5.01 Å². The lowest BCUT2D eigenvalue weighted by molar-refractivity contribution is -0.137. The van der Waals surface area contributed by atoms with Crippen molar-refractivity contribution in [3.8, 4) is 11.3 Å². The molecule has 1 aromatic heterocycles. The van der Waals surface area contributed by atoms with Crippen LogP contribution in [0.25, 0.3) is 11.3 Å². The standard InChI is InChI=1S/C15H17F3N2S/c1-14(2,3)19-8-13-20-12(9-21-13)10-6-4-5-7-11(10)15(16,17)18/h4-7,9,19H,8H2,1-3H3. The Hall–Kier alpha value is -1.40. The number of hydrogen-bond acceptors (Lipinski definition) is 3. The van der Waals surface area contributed by atoms with Crippen LogP contribution < -0.4 is 5.32 Å². The monoisotopic (exact) mass is 314 g/mol. The summed E-state index contributed by atoms with van der Waals surface area (Å²) in [7, 11) is 0. The third-order valence-corrected chi connectivity index (χ3v) is 3.68. The zero-order valence-corrected chi connectivity index (χ0v) is 12.9. The Kier molecular flexibility index (Phi) is 4.39. The molecule has 1 aromatic carbocycles. The number of aromatic nitrogens is 1. The lowest BCUT2D eigenvalue weighted by Gasteiger charge is -2.19. The summed E-state index contributed by atoms with van der Waals surface area (Å²) in [5.41, 5.74) is -0.206. The molecule has 2 aromatic rings. The molecule has 0 fully saturated rings. The minimum atomic E-state index is -4.37. The Morgan fingerprint density at radius 3 is 2.43 bits per heavy atom. The smallest absolute Gasteiger partial charge is 0.306 e. The van der Waals surface area contributed by atoms with Gasteiger partial charge in [0.2, 0.25) is 0 Å². The number of halogens is 3. The third-order valence-electron chi connectivity index (χ3n) is 2.83. The van der Waals surface area contributed by atoms with Gasteiger partial charge in [-0.1, -0.05) is 18.2 Å². The average molecular weight is 314 g/mol. The molecule has 6 heteroatoms. The van der Waals surface area contributed by atoms with Crippen molar-refractivity contribution in [3.05, 3.63) is 40.2 Å². The van der Waals surface area contributed by atoms with E-state index in [-0.39, 0.29) is 11.1 Å². The molecule has 0 aliphatic heterocycles. The normalized spacial score (nSPS) is 12.7. The highest BCUT2D eigenvalue weighted by molar-refractivity contribution is 7.09. The zero-order valence-electron chi connectivity index (χ0n) is 12.1. The molecule has 0 bridgehead atoms. The quantitative estimate of drug-likeness (QED) is 0.887. The summed E-state index contributed by atoms with van der Waals surface area (Å²) in [5, 5.41) is 5.72. The van der Waals surface area contributed by atoms with Gasteiger partial charge in [0.15, 0.2) is 0 Å². The molecular weight excluding hydrogens is 297 g/mol. The molecular formula is C15H17F3N2S. The van der Waals surface area contributed by atoms with E-state index in [9.17, 15) is 13.2 Å². The van der Waals surface area contributed by atoms with E-state index in [2.05, 4.69) is 10.3 Å². The Morgan fingerprint density at radius 2 is 1.81 bits per heavy atom. The number of alkyl halides is 3. The van der Waals surface area contributed by atoms with Crippen molar-refractivity contribution in [3.63, 3.8) is 0 Å². The molecule has 2 nitrogen and oxygen atoms in total. The SMILES string of the molecule is CC(C)(C)NCc1nc(-c2ccccc2C(F)(F)F)cs1. The van der Waals surface area contributed by atoms with Gasteiger partial charge >= 0.3 is 6.18 Å². The molecule has 2 rings (SSSR count). The Balaban J connectivity index is 2.26. The van der Waals surface area contributed by atoms with E-state index in [0.29, 0.717) is 12.2 Å². The van der Waals surface area contributed by atoms with Gasteiger partial charge in [-0.3, -0.25) is 0 Å². The molecule has 0 amide bonds. The van der Waals surface area contributed by atoms with Crippen molar-refractivity contribution in [2.24, 2.45) is 0 Å². The number of nitrogens with zero attached hydrogens (tertiary/aromatic N) is 1.